The monoisotopic (exact) mass is 244 g/mol. The molecule has 1 aromatic rings. The summed E-state index contributed by atoms with van der Waals surface area (Å²) >= 11 is 0. The third-order valence-corrected chi connectivity index (χ3v) is 4.61. The molecule has 0 aliphatic carbocycles. The lowest BCUT2D eigenvalue weighted by atomic mass is 9.95. The van der Waals surface area contributed by atoms with Crippen molar-refractivity contribution in [1.29, 1.82) is 0 Å². The Hall–Kier alpha value is -1.02. The maximum Gasteiger partial charge on any atom is 0.0376 e. The van der Waals surface area contributed by atoms with Gasteiger partial charge in [0.05, 0.1) is 0 Å². The van der Waals surface area contributed by atoms with Crippen LogP contribution in [0.25, 0.3) is 0 Å². The minimum Gasteiger partial charge on any atom is -0.384 e. The fourth-order valence-electron chi connectivity index (χ4n) is 3.24. The van der Waals surface area contributed by atoms with Crippen molar-refractivity contribution >= 4 is 5.69 Å². The first-order valence-corrected chi connectivity index (χ1v) is 7.38. The van der Waals surface area contributed by atoms with Crippen molar-refractivity contribution < 1.29 is 0 Å². The van der Waals surface area contributed by atoms with E-state index in [0.29, 0.717) is 0 Å². The van der Waals surface area contributed by atoms with Crippen LogP contribution in [0.15, 0.2) is 24.3 Å². The van der Waals surface area contributed by atoms with E-state index in [9.17, 15) is 0 Å². The first-order valence-electron chi connectivity index (χ1n) is 7.38. The molecule has 2 aliphatic rings. The van der Waals surface area contributed by atoms with Gasteiger partial charge in [-0.05, 0) is 56.4 Å². The molecule has 0 aromatic heterocycles. The SMILES string of the molecule is CC1CCN(CCC2CNc3ccccc32)CC1. The molecule has 1 atom stereocenters. The van der Waals surface area contributed by atoms with E-state index < -0.39 is 0 Å². The van der Waals surface area contributed by atoms with E-state index in [-0.39, 0.29) is 0 Å². The van der Waals surface area contributed by atoms with Crippen LogP contribution < -0.4 is 5.32 Å². The highest BCUT2D eigenvalue weighted by Crippen LogP contribution is 2.33. The van der Waals surface area contributed by atoms with Crippen LogP contribution in [-0.2, 0) is 0 Å². The van der Waals surface area contributed by atoms with Gasteiger partial charge in [0.1, 0.15) is 0 Å². The van der Waals surface area contributed by atoms with Crippen molar-refractivity contribution in [1.82, 2.24) is 4.90 Å². The molecule has 0 amide bonds. The molecule has 1 aromatic carbocycles. The van der Waals surface area contributed by atoms with Gasteiger partial charge in [-0.2, -0.15) is 0 Å². The standard InChI is InChI=1S/C16H24N2/c1-13-6-9-18(10-7-13)11-8-14-12-17-16-5-3-2-4-15(14)16/h2-5,13-14,17H,6-12H2,1H3. The molecule has 98 valence electrons. The predicted octanol–water partition coefficient (Wildman–Crippen LogP) is 3.32. The van der Waals surface area contributed by atoms with Crippen LogP contribution in [0, 0.1) is 5.92 Å². The van der Waals surface area contributed by atoms with Crippen LogP contribution in [0.4, 0.5) is 5.69 Å². The van der Waals surface area contributed by atoms with E-state index in [1.165, 1.54) is 50.1 Å². The Morgan fingerprint density at radius 3 is 2.83 bits per heavy atom. The van der Waals surface area contributed by atoms with Gasteiger partial charge in [0.25, 0.3) is 0 Å². The summed E-state index contributed by atoms with van der Waals surface area (Å²) in [5, 5.41) is 3.53. The minimum atomic E-state index is 0.723. The number of hydrogen-bond acceptors (Lipinski definition) is 2. The molecule has 1 N–H and O–H groups in total. The molecule has 0 bridgehead atoms. The maximum atomic E-state index is 3.53. The Kier molecular flexibility index (Phi) is 3.55. The number of likely N-dealkylation sites (tertiary alicyclic amines) is 1. The number of rotatable bonds is 3. The number of nitrogens with one attached hydrogen (secondary N) is 1. The molecule has 2 heterocycles. The van der Waals surface area contributed by atoms with Gasteiger partial charge in [0.2, 0.25) is 0 Å². The first kappa shape index (κ1) is 12.0. The number of hydrogen-bond donors (Lipinski definition) is 1. The smallest absolute Gasteiger partial charge is 0.0376 e. The molecule has 1 saturated heterocycles. The summed E-state index contributed by atoms with van der Waals surface area (Å²) in [7, 11) is 0. The zero-order chi connectivity index (χ0) is 12.4. The molecule has 1 fully saturated rings. The van der Waals surface area contributed by atoms with Crippen molar-refractivity contribution in [3.63, 3.8) is 0 Å². The zero-order valence-electron chi connectivity index (χ0n) is 11.4. The molecule has 2 heteroatoms. The van der Waals surface area contributed by atoms with Crippen LogP contribution in [0.1, 0.15) is 37.7 Å². The van der Waals surface area contributed by atoms with Gasteiger partial charge >= 0.3 is 0 Å². The number of benzene rings is 1. The summed E-state index contributed by atoms with van der Waals surface area (Å²) in [6, 6.07) is 8.79. The predicted molar refractivity (Wildman–Crippen MR) is 77.1 cm³/mol. The molecule has 3 rings (SSSR count). The molecule has 2 nitrogen and oxygen atoms in total. The van der Waals surface area contributed by atoms with E-state index in [1.54, 1.807) is 0 Å². The van der Waals surface area contributed by atoms with Crippen molar-refractivity contribution in [3.05, 3.63) is 29.8 Å². The Labute approximate surface area is 110 Å². The van der Waals surface area contributed by atoms with E-state index >= 15 is 0 Å². The van der Waals surface area contributed by atoms with Crippen molar-refractivity contribution in [2.45, 2.75) is 32.1 Å². The van der Waals surface area contributed by atoms with Gasteiger partial charge in [-0.3, -0.25) is 0 Å². The lowest BCUT2D eigenvalue weighted by molar-refractivity contribution is 0.187. The average molecular weight is 244 g/mol. The molecule has 0 saturated carbocycles. The second-order valence-corrected chi connectivity index (χ2v) is 5.98. The number of anilines is 1. The largest absolute Gasteiger partial charge is 0.384 e. The van der Waals surface area contributed by atoms with Crippen molar-refractivity contribution in [3.8, 4) is 0 Å². The Balaban J connectivity index is 1.53. The number of nitrogens with zero attached hydrogens (tertiary/aromatic N) is 1. The molecule has 18 heavy (non-hydrogen) atoms. The quantitative estimate of drug-likeness (QED) is 0.877. The van der Waals surface area contributed by atoms with E-state index in [1.807, 2.05) is 0 Å². The number of fused-ring (bicyclic) bond motifs is 1. The van der Waals surface area contributed by atoms with Crippen LogP contribution in [0.5, 0.6) is 0 Å². The summed E-state index contributed by atoms with van der Waals surface area (Å²) in [6.45, 7) is 7.40. The van der Waals surface area contributed by atoms with Gasteiger partial charge in [-0.25, -0.2) is 0 Å². The van der Waals surface area contributed by atoms with E-state index in [2.05, 4.69) is 41.4 Å². The van der Waals surface area contributed by atoms with Gasteiger partial charge < -0.3 is 10.2 Å². The molecule has 1 unspecified atom stereocenters. The lowest BCUT2D eigenvalue weighted by Gasteiger charge is -2.30. The summed E-state index contributed by atoms with van der Waals surface area (Å²) in [4.78, 5) is 2.65. The van der Waals surface area contributed by atoms with Crippen LogP contribution >= 0.6 is 0 Å². The summed E-state index contributed by atoms with van der Waals surface area (Å²) in [5.74, 6) is 1.66. The fraction of sp³-hybridized carbons (Fsp3) is 0.625. The number of piperidine rings is 1. The summed E-state index contributed by atoms with van der Waals surface area (Å²) < 4.78 is 0. The second-order valence-electron chi connectivity index (χ2n) is 5.98. The van der Waals surface area contributed by atoms with E-state index in [0.717, 1.165) is 18.4 Å². The van der Waals surface area contributed by atoms with E-state index in [4.69, 9.17) is 0 Å². The highest BCUT2D eigenvalue weighted by Gasteiger charge is 2.23. The normalized spacial score (nSPS) is 24.8. The van der Waals surface area contributed by atoms with Crippen molar-refractivity contribution in [2.75, 3.05) is 31.5 Å². The minimum absolute atomic E-state index is 0.723. The molecular formula is C16H24N2. The van der Waals surface area contributed by atoms with Crippen LogP contribution in [-0.4, -0.2) is 31.1 Å². The lowest BCUT2D eigenvalue weighted by Crippen LogP contribution is -2.34. The number of para-hydroxylation sites is 1. The molecular weight excluding hydrogens is 220 g/mol. The first-order chi connectivity index (χ1) is 8.83. The summed E-state index contributed by atoms with van der Waals surface area (Å²) in [6.07, 6.45) is 4.08. The highest BCUT2D eigenvalue weighted by atomic mass is 15.1. The summed E-state index contributed by atoms with van der Waals surface area (Å²) in [5.41, 5.74) is 2.89. The highest BCUT2D eigenvalue weighted by molar-refractivity contribution is 5.57. The van der Waals surface area contributed by atoms with Crippen molar-refractivity contribution in [2.24, 2.45) is 5.92 Å². The Morgan fingerprint density at radius 2 is 2.00 bits per heavy atom. The molecule has 2 aliphatic heterocycles. The molecule has 0 radical (unpaired) electrons. The van der Waals surface area contributed by atoms with Gasteiger partial charge in [-0.1, -0.05) is 25.1 Å². The van der Waals surface area contributed by atoms with Gasteiger partial charge in [-0.15, -0.1) is 0 Å². The average Bonchev–Trinajstić information content (AvgIpc) is 2.82. The van der Waals surface area contributed by atoms with Crippen LogP contribution in [0.2, 0.25) is 0 Å². The Morgan fingerprint density at radius 1 is 1.22 bits per heavy atom. The van der Waals surface area contributed by atoms with Gasteiger partial charge in [0, 0.05) is 18.2 Å². The van der Waals surface area contributed by atoms with Gasteiger partial charge in [0.15, 0.2) is 0 Å². The zero-order valence-corrected chi connectivity index (χ0v) is 11.4. The fourth-order valence-corrected chi connectivity index (χ4v) is 3.24. The second kappa shape index (κ2) is 5.31. The molecule has 0 spiro atoms. The topological polar surface area (TPSA) is 15.3 Å². The maximum absolute atomic E-state index is 3.53. The van der Waals surface area contributed by atoms with Crippen LogP contribution in [0.3, 0.4) is 0 Å². The third kappa shape index (κ3) is 2.54. The third-order valence-electron chi connectivity index (χ3n) is 4.61. The Bertz CT molecular complexity index is 394.